The van der Waals surface area contributed by atoms with Gasteiger partial charge in [-0.3, -0.25) is 71.9 Å². The normalized spacial score (nSPS) is 18.5. The number of ketones is 5. The molecule has 17 N–H and O–H groups in total. The van der Waals surface area contributed by atoms with E-state index in [9.17, 15) is 117 Å². The second-order valence-corrected chi connectivity index (χ2v) is 36.4. The summed E-state index contributed by atoms with van der Waals surface area (Å²) < 4.78 is 23.0. The van der Waals surface area contributed by atoms with Crippen molar-refractivity contribution in [3.05, 3.63) is 162 Å². The number of phenolic OH excluding ortho intramolecular Hbond substituents is 2. The molecule has 0 spiro atoms. The van der Waals surface area contributed by atoms with Crippen molar-refractivity contribution in [1.82, 2.24) is 56.0 Å². The van der Waals surface area contributed by atoms with E-state index in [0.29, 0.717) is 28.9 Å². The molecule has 3 aliphatic heterocycles. The van der Waals surface area contributed by atoms with Gasteiger partial charge in [0.15, 0.2) is 29.4 Å². The Hall–Kier alpha value is -13.4. The summed E-state index contributed by atoms with van der Waals surface area (Å²) >= 11 is 2.33. The molecule has 15 amide bonds. The third kappa shape index (κ3) is 30.5. The van der Waals surface area contributed by atoms with Crippen LogP contribution in [0.4, 0.5) is 25.8 Å². The van der Waals surface area contributed by atoms with Gasteiger partial charge in [-0.25, -0.2) is 14.4 Å². The van der Waals surface area contributed by atoms with Crippen molar-refractivity contribution in [2.45, 2.75) is 167 Å². The number of aromatic hydroxyl groups is 2. The van der Waals surface area contributed by atoms with Crippen molar-refractivity contribution < 1.29 is 136 Å². The number of hydrogen-bond donors (Lipinski definition) is 15. The van der Waals surface area contributed by atoms with Crippen LogP contribution in [0.3, 0.4) is 0 Å². The van der Waals surface area contributed by atoms with Crippen LogP contribution in [0.25, 0.3) is 0 Å². The van der Waals surface area contributed by atoms with Crippen LogP contribution >= 0.6 is 23.5 Å². The van der Waals surface area contributed by atoms with Crippen LogP contribution in [0.5, 0.6) is 17.2 Å². The summed E-state index contributed by atoms with van der Waals surface area (Å²) in [6.45, 7) is 20.8. The summed E-state index contributed by atoms with van der Waals surface area (Å²) in [4.78, 5) is 240. The number of carbonyl (C=O) groups excluding carboxylic acids is 18. The number of anilines is 2. The summed E-state index contributed by atoms with van der Waals surface area (Å²) in [5.41, 5.74) is 7.80. The lowest BCUT2D eigenvalue weighted by atomic mass is 9.72. The van der Waals surface area contributed by atoms with E-state index < -0.39 is 197 Å². The molecule has 0 radical (unpaired) electrons. The molecule has 4 aromatic rings. The zero-order valence-electron chi connectivity index (χ0n) is 78.0. The van der Waals surface area contributed by atoms with Crippen molar-refractivity contribution in [2.24, 2.45) is 35.1 Å². The number of hydrogen-bond acceptors (Lipinski definition) is 30. The number of nitrogens with zero attached hydrogens (tertiary/aromatic N) is 6. The highest BCUT2D eigenvalue weighted by atomic mass is 32.2. The van der Waals surface area contributed by atoms with Gasteiger partial charge in [0.1, 0.15) is 42.2 Å². The number of rotatable bonds is 45. The number of fused-ring (bicyclic) bond motifs is 3. The molecule has 0 aromatic heterocycles. The van der Waals surface area contributed by atoms with Crippen LogP contribution in [0.2, 0.25) is 0 Å². The maximum atomic E-state index is 14.1. The van der Waals surface area contributed by atoms with Gasteiger partial charge in [0.25, 0.3) is 0 Å². The lowest BCUT2D eigenvalue weighted by Gasteiger charge is -2.42. The van der Waals surface area contributed by atoms with Crippen LogP contribution in [0.15, 0.2) is 117 Å². The van der Waals surface area contributed by atoms with Crippen LogP contribution in [-0.2, 0) is 96.2 Å². The number of ether oxygens (including phenoxy) is 4. The summed E-state index contributed by atoms with van der Waals surface area (Å²) in [6, 6.07) is 12.5. The number of primary amides is 2. The fraction of sp³-hybridized carbons (Fsp3) is 0.468. The molecule has 4 aromatic carbocycles. The fourth-order valence-electron chi connectivity index (χ4n) is 16.1. The minimum Gasteiger partial charge on any atom is -0.507 e. The van der Waals surface area contributed by atoms with Gasteiger partial charge in [-0.1, -0.05) is 90.4 Å². The topological polar surface area (TPSA) is 621 Å². The first-order valence-corrected chi connectivity index (χ1v) is 47.0. The predicted molar refractivity (Wildman–Crippen MR) is 505 cm³/mol. The number of carbonyl (C=O) groups is 18. The Kier molecular flexibility index (Phi) is 41.8. The molecule has 3 heterocycles. The Morgan fingerprint density at radius 1 is 0.597 bits per heavy atom. The number of Topliss-reactive ketones (excluding diaryl/α,β-unsaturated/α-hetero) is 3. The lowest BCUT2D eigenvalue weighted by Crippen LogP contribution is -2.59. The van der Waals surface area contributed by atoms with E-state index in [0.717, 1.165) is 36.1 Å². The molecule has 0 bridgehead atoms. The number of nitrogens with two attached hydrogens (primary N) is 2. The van der Waals surface area contributed by atoms with Crippen molar-refractivity contribution in [2.75, 3.05) is 100 Å². The quantitative estimate of drug-likeness (QED) is 0.0151. The summed E-state index contributed by atoms with van der Waals surface area (Å²) in [5, 5.41) is 84.2. The van der Waals surface area contributed by atoms with Gasteiger partial charge in [-0.15, -0.1) is 0 Å². The van der Waals surface area contributed by atoms with Gasteiger partial charge in [-0.05, 0) is 110 Å². The number of aliphatic hydroxyl groups excluding tert-OH is 3. The van der Waals surface area contributed by atoms with E-state index >= 15 is 0 Å². The molecule has 45 heteroatoms. The fourth-order valence-corrected chi connectivity index (χ4v) is 17.6. The highest BCUT2D eigenvalue weighted by Gasteiger charge is 2.51. The van der Waals surface area contributed by atoms with Crippen molar-refractivity contribution in [1.29, 1.82) is 0 Å². The van der Waals surface area contributed by atoms with Crippen molar-refractivity contribution >= 4 is 141 Å². The molecule has 2 aliphatic carbocycles. The summed E-state index contributed by atoms with van der Waals surface area (Å²) in [6.07, 6.45) is -3.06. The first-order chi connectivity index (χ1) is 66.0. The molecule has 0 saturated carbocycles. The third-order valence-corrected chi connectivity index (χ3v) is 25.4. The average Bonchev–Trinajstić information content (AvgIpc) is 0.708. The number of methoxy groups -OCH3 is 1. The number of alkyl carbamates (subject to hydrolysis) is 1. The largest absolute Gasteiger partial charge is 0.507 e. The standard InChI is InChI=1S/C61H74N8O20S.C33H47N7O8S/c1-7-44(74)67-28-68(45(75)8-2)30-69(29-67)46(76)18-20-90-27-43(73)66-52(31(3)4)39(71)21-34(11-10-19-63-59(62)83)58(82)64-35-16-14-33(15-17-35)26-87-60(84)65-38-22-47(88-32(5)53(38)77)89-41-24-61(85,42(72)25-70)23-37-49(41)57(81)51-50(55(37)79)54(78)36-12-9-13-40(86-6)48(36)56(51)80;1-5-28(44)38-19-39(29(45)6-2)21-40(20-38)30(46)13-15-49-18-27(43)37-31(22(3)4)26(42)16-24(8-7-14-35-33(34)48)32(47)36-25-11-9-23(17-41)10-12-25/h7-9,12-17,31-32,34,38,41,47,52-53,70,77,79,81,85H,1-2,10-11,18-30H2,3-6H3,(H,64,82)(H,65,84)(H,66,73)(H3,62,63,83);5-6,9-12,22,24,31,41H,1-2,7-8,13-21H2,3-4H3,(H,36,47)(H,37,43)(H3,34,35,48)/t32-,34+,38-,41-,47-,52-,53+,61-;24-,31+/m01/s1. The number of urea groups is 2. The lowest BCUT2D eigenvalue weighted by molar-refractivity contribution is -0.249. The first kappa shape index (κ1) is 111. The average molecular weight is 1970 g/mol. The maximum absolute atomic E-state index is 14.1. The van der Waals surface area contributed by atoms with Gasteiger partial charge in [-0.2, -0.15) is 23.5 Å². The molecule has 0 unspecified atom stereocenters. The summed E-state index contributed by atoms with van der Waals surface area (Å²) in [5.74, 6) is -11.6. The second kappa shape index (κ2) is 52.4. The molecular formula is C94H121N15O28S2. The maximum Gasteiger partial charge on any atom is 0.407 e. The summed E-state index contributed by atoms with van der Waals surface area (Å²) in [7, 11) is 1.28. The molecule has 10 atom stereocenters. The van der Waals surface area contributed by atoms with Gasteiger partial charge < -0.3 is 128 Å². The van der Waals surface area contributed by atoms with Gasteiger partial charge in [0, 0.05) is 109 Å². The monoisotopic (exact) mass is 1970 g/mol. The van der Waals surface area contributed by atoms with E-state index in [2.05, 4.69) is 63.5 Å². The minimum absolute atomic E-state index is 0.00127. The molecule has 752 valence electrons. The number of thioether (sulfide) groups is 2. The number of nitrogens with one attached hydrogen (secondary N) is 7. The molecular weight excluding hydrogens is 1850 g/mol. The van der Waals surface area contributed by atoms with Gasteiger partial charge in [0.05, 0.1) is 112 Å². The van der Waals surface area contributed by atoms with E-state index in [-0.39, 0.29) is 192 Å². The number of phenols is 2. The van der Waals surface area contributed by atoms with E-state index in [1.807, 2.05) is 0 Å². The Bertz CT molecular complexity index is 5220. The van der Waals surface area contributed by atoms with E-state index in [1.165, 1.54) is 85.5 Å². The Labute approximate surface area is 810 Å². The highest BCUT2D eigenvalue weighted by molar-refractivity contribution is 8.00. The van der Waals surface area contributed by atoms with E-state index in [1.54, 1.807) is 64.1 Å². The Morgan fingerprint density at radius 3 is 1.45 bits per heavy atom. The number of aliphatic hydroxyl groups is 4. The first-order valence-electron chi connectivity index (χ1n) is 44.7. The molecule has 5 aliphatic rings. The second-order valence-electron chi connectivity index (χ2n) is 34.2. The van der Waals surface area contributed by atoms with Gasteiger partial charge in [0.2, 0.25) is 64.9 Å². The predicted octanol–water partition coefficient (Wildman–Crippen LogP) is 3.09. The van der Waals surface area contributed by atoms with Crippen molar-refractivity contribution in [3.8, 4) is 17.2 Å². The Balaban J connectivity index is 0.000000408. The zero-order valence-corrected chi connectivity index (χ0v) is 79.7. The van der Waals surface area contributed by atoms with Crippen molar-refractivity contribution in [3.63, 3.8) is 0 Å². The number of benzene rings is 4. The number of amides is 15. The smallest absolute Gasteiger partial charge is 0.407 e. The molecule has 43 nitrogen and oxygen atoms in total. The van der Waals surface area contributed by atoms with E-state index in [4.69, 9.17) is 30.4 Å². The highest BCUT2D eigenvalue weighted by Crippen LogP contribution is 2.53. The SMILES string of the molecule is C=CC(=O)N1CN(C(=O)C=C)CN(C(=O)CCSCC(=O)N[C@H](C(=O)C[C@@H](CCCNC(N)=O)C(=O)Nc2ccc(CO)cc2)C(C)C)C1.C=CC(=O)N1CN(C(=O)C=C)CN(C(=O)CCSCC(=O)N[C@H](C(=O)C[C@@H](CCCNC(N)=O)C(=O)Nc2ccc(COC(=O)N[C@H]3C[C@H](O[C@H]4C[C@](O)(C(=O)CO)Cc5c(O)c6c(c(O)c54)C(=O)c4c(OC)cccc4C6=O)O[C@@H](C)[C@H]3O)cc2)C(C)C)C1. The molecule has 139 heavy (non-hydrogen) atoms. The van der Waals surface area contributed by atoms with Crippen LogP contribution < -0.4 is 53.4 Å². The van der Waals surface area contributed by atoms with Crippen LogP contribution in [-0.4, -0.2) is 298 Å². The van der Waals surface area contributed by atoms with Crippen LogP contribution in [0.1, 0.15) is 159 Å². The third-order valence-electron chi connectivity index (χ3n) is 23.5. The molecule has 9 rings (SSSR count). The molecule has 3 saturated heterocycles. The van der Waals surface area contributed by atoms with Gasteiger partial charge >= 0.3 is 18.2 Å². The minimum atomic E-state index is -2.43. The van der Waals surface area contributed by atoms with Crippen LogP contribution in [0, 0.1) is 23.7 Å². The zero-order chi connectivity index (χ0) is 102. The Morgan fingerprint density at radius 2 is 1.04 bits per heavy atom. The molecule has 3 fully saturated rings.